The Labute approximate surface area is 333 Å². The number of carbonyl (C=O) groups excluding carboxylic acids is 1. The third-order valence-electron chi connectivity index (χ3n) is 10.2. The fourth-order valence-electron chi connectivity index (χ4n) is 6.97. The molecule has 0 saturated carbocycles. The van der Waals surface area contributed by atoms with Crippen LogP contribution in [0.2, 0.25) is 39.3 Å². The van der Waals surface area contributed by atoms with Gasteiger partial charge in [0.2, 0.25) is 0 Å². The number of fused-ring (bicyclic) bond motifs is 2. The first kappa shape index (κ1) is 43.7. The first-order valence-corrected chi connectivity index (χ1v) is 26.5. The van der Waals surface area contributed by atoms with Crippen LogP contribution in [0.1, 0.15) is 70.1 Å². The molecule has 0 aliphatic rings. The summed E-state index contributed by atoms with van der Waals surface area (Å²) in [6, 6.07) is 19.6. The number of benzene rings is 3. The maximum atomic E-state index is 11.7. The number of aliphatic hydroxyl groups excluding tert-OH is 1. The molecule has 0 atom stereocenters. The SMILES string of the molecule is CCC(CC)C(=O)/C=C(\O)C(CC)CC.Cc1cc([Si](C)(C)C)cc(C)c1-c1sc2c(-c3[c-]c4ccccc4c([Si](C)(C)C)c3)ncnc2c1C.[Ir]. The maximum absolute atomic E-state index is 11.7. The molecule has 2 heterocycles. The molecule has 0 spiro atoms. The Hall–Kier alpha value is -2.75. The van der Waals surface area contributed by atoms with Crippen LogP contribution in [0.4, 0.5) is 0 Å². The van der Waals surface area contributed by atoms with Crippen molar-refractivity contribution in [3.63, 3.8) is 0 Å². The Morgan fingerprint density at radius 1 is 0.846 bits per heavy atom. The van der Waals surface area contributed by atoms with Gasteiger partial charge in [-0.2, -0.15) is 0 Å². The minimum atomic E-state index is -1.58. The van der Waals surface area contributed by atoms with Gasteiger partial charge < -0.3 is 5.11 Å². The first-order chi connectivity index (χ1) is 24.0. The fourth-order valence-corrected chi connectivity index (χ4v) is 11.3. The molecule has 5 aromatic rings. The Morgan fingerprint density at radius 3 is 1.96 bits per heavy atom. The van der Waals surface area contributed by atoms with Crippen molar-refractivity contribution >= 4 is 64.6 Å². The number of ketones is 1. The number of aromatic nitrogens is 2. The van der Waals surface area contributed by atoms with Gasteiger partial charge in [-0.3, -0.25) is 9.78 Å². The van der Waals surface area contributed by atoms with Crippen molar-refractivity contribution in [2.75, 3.05) is 0 Å². The summed E-state index contributed by atoms with van der Waals surface area (Å²) in [7, 11) is -2.96. The molecule has 0 fully saturated rings. The van der Waals surface area contributed by atoms with Crippen LogP contribution >= 0.6 is 11.3 Å². The van der Waals surface area contributed by atoms with Crippen molar-refractivity contribution in [3.05, 3.63) is 83.4 Å². The second kappa shape index (κ2) is 18.1. The van der Waals surface area contributed by atoms with E-state index >= 15 is 0 Å². The van der Waals surface area contributed by atoms with Gasteiger partial charge >= 0.3 is 0 Å². The molecule has 1 N–H and O–H groups in total. The molecule has 0 unspecified atom stereocenters. The fraction of sp³-hybridized carbons (Fsp3) is 0.432. The Balaban J connectivity index is 0.000000389. The Bertz CT molecular complexity index is 2020. The van der Waals surface area contributed by atoms with Crippen molar-refractivity contribution < 1.29 is 30.0 Å². The van der Waals surface area contributed by atoms with Crippen molar-refractivity contribution in [1.82, 2.24) is 9.97 Å². The van der Waals surface area contributed by atoms with Crippen LogP contribution in [0.25, 0.3) is 42.7 Å². The van der Waals surface area contributed by atoms with Gasteiger partial charge in [0.25, 0.3) is 0 Å². The second-order valence-electron chi connectivity index (χ2n) is 16.1. The van der Waals surface area contributed by atoms with E-state index in [0.29, 0.717) is 0 Å². The van der Waals surface area contributed by atoms with E-state index in [9.17, 15) is 9.90 Å². The van der Waals surface area contributed by atoms with Gasteiger partial charge in [0, 0.05) is 53.3 Å². The molecule has 4 nitrogen and oxygen atoms in total. The minimum absolute atomic E-state index is 0. The molecular weight excluding hydrogens is 869 g/mol. The molecule has 0 aliphatic carbocycles. The van der Waals surface area contributed by atoms with Crippen LogP contribution in [-0.2, 0) is 24.9 Å². The van der Waals surface area contributed by atoms with Gasteiger partial charge in [0.05, 0.1) is 27.4 Å². The third kappa shape index (κ3) is 9.67. The molecule has 1 radical (unpaired) electrons. The van der Waals surface area contributed by atoms with Gasteiger partial charge in [-0.05, 0) is 68.7 Å². The van der Waals surface area contributed by atoms with E-state index in [0.717, 1.165) is 47.2 Å². The van der Waals surface area contributed by atoms with E-state index in [1.807, 2.05) is 39.0 Å². The molecule has 0 saturated heterocycles. The number of hydrogen-bond acceptors (Lipinski definition) is 5. The molecule has 3 aromatic carbocycles. The standard InChI is InChI=1S/C31H35N2SSi2.C13H24O2.Ir/c1-19-14-24(35(4,5)6)15-20(2)27(19)30-21(3)28-31(34-30)29(33-18-32-28)23-16-22-12-10-11-13-25(22)26(17-23)36(7,8)9;1-5-10(6-2)12(14)9-13(15)11(7-3)8-4;/h10-15,17-18H,1-9H3;9-11,14H,5-8H2,1-4H3;/q-1;;/b;12-9-;. The first-order valence-electron chi connectivity index (χ1n) is 18.7. The molecule has 2 aromatic heterocycles. The van der Waals surface area contributed by atoms with Crippen LogP contribution in [-0.4, -0.2) is 37.0 Å². The maximum Gasteiger partial charge on any atom is 0.162 e. The topological polar surface area (TPSA) is 63.1 Å². The van der Waals surface area contributed by atoms with Crippen LogP contribution in [0.5, 0.6) is 0 Å². The molecule has 0 aliphatic heterocycles. The summed E-state index contributed by atoms with van der Waals surface area (Å²) in [5, 5.41) is 15.2. The smallest absolute Gasteiger partial charge is 0.162 e. The Kier molecular flexibility index (Phi) is 15.2. The van der Waals surface area contributed by atoms with Crippen LogP contribution < -0.4 is 10.4 Å². The van der Waals surface area contributed by atoms with Gasteiger partial charge in [0.15, 0.2) is 5.78 Å². The molecule has 281 valence electrons. The number of carbonyl (C=O) groups is 1. The zero-order valence-corrected chi connectivity index (χ0v) is 38.9. The molecule has 8 heteroatoms. The number of hydrogen-bond donors (Lipinski definition) is 1. The summed E-state index contributed by atoms with van der Waals surface area (Å²) in [6.45, 7) is 29.3. The number of thiophene rings is 1. The van der Waals surface area contributed by atoms with Crippen molar-refractivity contribution in [1.29, 1.82) is 0 Å². The van der Waals surface area contributed by atoms with Crippen molar-refractivity contribution in [2.24, 2.45) is 11.8 Å². The van der Waals surface area contributed by atoms with E-state index in [1.54, 1.807) is 6.33 Å². The number of aliphatic hydroxyl groups is 1. The van der Waals surface area contributed by atoms with Gasteiger partial charge in [-0.25, -0.2) is 4.98 Å². The largest absolute Gasteiger partial charge is 0.512 e. The Morgan fingerprint density at radius 2 is 1.42 bits per heavy atom. The van der Waals surface area contributed by atoms with Crippen LogP contribution in [0.15, 0.2) is 60.6 Å². The average molecular weight is 928 g/mol. The van der Waals surface area contributed by atoms with E-state index < -0.39 is 16.1 Å². The predicted molar refractivity (Wildman–Crippen MR) is 229 cm³/mol. The normalized spacial score (nSPS) is 12.3. The average Bonchev–Trinajstić information content (AvgIpc) is 3.40. The van der Waals surface area contributed by atoms with Gasteiger partial charge in [0.1, 0.15) is 6.33 Å². The zero-order valence-electron chi connectivity index (χ0n) is 33.7. The number of rotatable bonds is 11. The zero-order chi connectivity index (χ0) is 37.8. The van der Waals surface area contributed by atoms with Gasteiger partial charge in [-0.15, -0.1) is 40.1 Å². The minimum Gasteiger partial charge on any atom is -0.512 e. The van der Waals surface area contributed by atoms with Gasteiger partial charge in [-0.1, -0.05) is 113 Å². The van der Waals surface area contributed by atoms with Crippen LogP contribution in [0.3, 0.4) is 0 Å². The van der Waals surface area contributed by atoms with E-state index in [2.05, 4.69) is 109 Å². The summed E-state index contributed by atoms with van der Waals surface area (Å²) in [6.07, 6.45) is 6.63. The number of allylic oxidation sites excluding steroid dienone is 2. The molecule has 52 heavy (non-hydrogen) atoms. The molecular formula is C44H59IrN2O2SSi2-. The third-order valence-corrected chi connectivity index (χ3v) is 15.6. The molecule has 0 amide bonds. The predicted octanol–water partition coefficient (Wildman–Crippen LogP) is 11.9. The summed E-state index contributed by atoms with van der Waals surface area (Å²) in [4.78, 5) is 22.6. The van der Waals surface area contributed by atoms with Crippen molar-refractivity contribution in [2.45, 2.75) is 113 Å². The summed E-state index contributed by atoms with van der Waals surface area (Å²) in [5.74, 6) is 0.547. The van der Waals surface area contributed by atoms with Crippen LogP contribution in [0, 0.1) is 38.7 Å². The van der Waals surface area contributed by atoms with E-state index in [1.165, 1.54) is 54.4 Å². The van der Waals surface area contributed by atoms with Crippen molar-refractivity contribution in [3.8, 4) is 21.7 Å². The molecule has 5 rings (SSSR count). The summed E-state index contributed by atoms with van der Waals surface area (Å²) < 4.78 is 1.16. The second-order valence-corrected chi connectivity index (χ2v) is 27.2. The van der Waals surface area contributed by atoms with E-state index in [4.69, 9.17) is 9.97 Å². The number of aryl methyl sites for hydroxylation is 3. The summed E-state index contributed by atoms with van der Waals surface area (Å²) in [5.41, 5.74) is 8.45. The summed E-state index contributed by atoms with van der Waals surface area (Å²) >= 11 is 1.84. The quantitative estimate of drug-likeness (QED) is 0.0620. The monoisotopic (exact) mass is 928 g/mol. The molecule has 0 bridgehead atoms. The van der Waals surface area contributed by atoms with E-state index in [-0.39, 0.29) is 43.5 Å². The number of nitrogens with zero attached hydrogens (tertiary/aromatic N) is 2.